The van der Waals surface area contributed by atoms with Gasteiger partial charge in [-0.3, -0.25) is 14.5 Å². The number of rotatable bonds is 5. The zero-order valence-corrected chi connectivity index (χ0v) is 22.4. The molecule has 1 aliphatic rings. The highest BCUT2D eigenvalue weighted by Gasteiger charge is 2.48. The Hall–Kier alpha value is -4.70. The normalized spacial score (nSPS) is 16.9. The van der Waals surface area contributed by atoms with Gasteiger partial charge in [0.2, 0.25) is 0 Å². The standard InChI is InChI=1S/C29H24N4O5S/c1-15-7-6-12-32-16(2)23(31-27(15)32)25(34)22-24(17-8-5-9-18(13-17)37-3)33(28(36)26(22)35)29-30-20-11-10-19(38-4)14-21(20)39-29/h5-14,24,34H,1-4H3. The number of pyridine rings is 1. The van der Waals surface area contributed by atoms with E-state index < -0.39 is 17.7 Å². The molecule has 196 valence electrons. The summed E-state index contributed by atoms with van der Waals surface area (Å²) in [5, 5.41) is 12.0. The summed E-state index contributed by atoms with van der Waals surface area (Å²) in [6.45, 7) is 3.73. The minimum atomic E-state index is -0.951. The van der Waals surface area contributed by atoms with Gasteiger partial charge in [-0.25, -0.2) is 9.97 Å². The molecule has 9 nitrogen and oxygen atoms in total. The lowest BCUT2D eigenvalue weighted by Crippen LogP contribution is -2.29. The highest BCUT2D eigenvalue weighted by molar-refractivity contribution is 7.22. The van der Waals surface area contributed by atoms with Gasteiger partial charge in [-0.1, -0.05) is 29.5 Å². The summed E-state index contributed by atoms with van der Waals surface area (Å²) >= 11 is 1.26. The molecule has 6 rings (SSSR count). The molecule has 1 unspecified atom stereocenters. The van der Waals surface area contributed by atoms with Crippen molar-refractivity contribution in [2.45, 2.75) is 19.9 Å². The number of nitrogens with zero attached hydrogens (tertiary/aromatic N) is 4. The number of imidazole rings is 1. The Labute approximate surface area is 227 Å². The van der Waals surface area contributed by atoms with Gasteiger partial charge >= 0.3 is 5.91 Å². The number of thiazole rings is 1. The fourth-order valence-electron chi connectivity index (χ4n) is 4.95. The Morgan fingerprint density at radius 2 is 1.74 bits per heavy atom. The van der Waals surface area contributed by atoms with Crippen LogP contribution in [0.4, 0.5) is 5.13 Å². The topological polar surface area (TPSA) is 106 Å². The predicted molar refractivity (Wildman–Crippen MR) is 149 cm³/mol. The first kappa shape index (κ1) is 24.6. The van der Waals surface area contributed by atoms with E-state index in [1.807, 2.05) is 42.6 Å². The van der Waals surface area contributed by atoms with Crippen molar-refractivity contribution in [3.63, 3.8) is 0 Å². The summed E-state index contributed by atoms with van der Waals surface area (Å²) in [6.07, 6.45) is 1.84. The van der Waals surface area contributed by atoms with Crippen molar-refractivity contribution in [2.24, 2.45) is 0 Å². The van der Waals surface area contributed by atoms with E-state index in [1.54, 1.807) is 50.6 Å². The third-order valence-electron chi connectivity index (χ3n) is 6.95. The van der Waals surface area contributed by atoms with Crippen LogP contribution in [0.3, 0.4) is 0 Å². The molecule has 5 aromatic rings. The number of anilines is 1. The average Bonchev–Trinajstić information content (AvgIpc) is 3.60. The van der Waals surface area contributed by atoms with Crippen LogP contribution in [0.5, 0.6) is 11.5 Å². The molecule has 10 heteroatoms. The highest BCUT2D eigenvalue weighted by atomic mass is 32.1. The van der Waals surface area contributed by atoms with Crippen molar-refractivity contribution in [1.29, 1.82) is 0 Å². The number of aromatic nitrogens is 3. The van der Waals surface area contributed by atoms with Crippen LogP contribution in [0.1, 0.15) is 28.6 Å². The third-order valence-corrected chi connectivity index (χ3v) is 7.97. The number of fused-ring (bicyclic) bond motifs is 2. The lowest BCUT2D eigenvalue weighted by atomic mass is 9.96. The van der Waals surface area contributed by atoms with E-state index >= 15 is 0 Å². The number of ether oxygens (including phenoxy) is 2. The second-order valence-electron chi connectivity index (χ2n) is 9.21. The molecule has 0 bridgehead atoms. The number of aryl methyl sites for hydroxylation is 2. The number of aliphatic hydroxyl groups excluding tert-OH is 1. The van der Waals surface area contributed by atoms with Crippen LogP contribution in [0.15, 0.2) is 66.4 Å². The third kappa shape index (κ3) is 3.83. The summed E-state index contributed by atoms with van der Waals surface area (Å²) in [5.74, 6) is -0.737. The number of carbonyl (C=O) groups is 2. The monoisotopic (exact) mass is 540 g/mol. The van der Waals surface area contributed by atoms with Gasteiger partial charge in [0.05, 0.1) is 41.7 Å². The van der Waals surface area contributed by atoms with Crippen molar-refractivity contribution in [3.05, 3.63) is 88.9 Å². The predicted octanol–water partition coefficient (Wildman–Crippen LogP) is 5.20. The number of Topliss-reactive ketones (excluding diaryl/α,β-unsaturated/α-hetero) is 1. The van der Waals surface area contributed by atoms with Crippen LogP contribution in [-0.4, -0.2) is 45.4 Å². The molecule has 1 atom stereocenters. The number of aliphatic hydroxyl groups is 1. The number of ketones is 1. The molecule has 1 amide bonds. The fraction of sp³-hybridized carbons (Fsp3) is 0.172. The van der Waals surface area contributed by atoms with Crippen molar-refractivity contribution < 1.29 is 24.2 Å². The number of methoxy groups -OCH3 is 2. The van der Waals surface area contributed by atoms with Gasteiger partial charge in [0.1, 0.15) is 22.8 Å². The van der Waals surface area contributed by atoms with Gasteiger partial charge in [0.25, 0.3) is 5.78 Å². The molecule has 4 heterocycles. The van der Waals surface area contributed by atoms with Crippen LogP contribution in [0, 0.1) is 13.8 Å². The second-order valence-corrected chi connectivity index (χ2v) is 10.2. The SMILES string of the molecule is COc1cccc(C2C(=C(O)c3nc4c(C)cccn4c3C)C(=O)C(=O)N2c2nc3ccc(OC)cc3s2)c1. The number of carbonyl (C=O) groups excluding carboxylic acids is 2. The van der Waals surface area contributed by atoms with Crippen molar-refractivity contribution in [3.8, 4) is 11.5 Å². The minimum absolute atomic E-state index is 0.0609. The van der Waals surface area contributed by atoms with E-state index in [1.165, 1.54) is 16.2 Å². The molecule has 0 aliphatic carbocycles. The molecule has 1 aliphatic heterocycles. The van der Waals surface area contributed by atoms with Crippen LogP contribution >= 0.6 is 11.3 Å². The number of hydrogen-bond donors (Lipinski definition) is 1. The van der Waals surface area contributed by atoms with Crippen molar-refractivity contribution in [2.75, 3.05) is 19.1 Å². The molecule has 1 saturated heterocycles. The number of benzene rings is 2. The smallest absolute Gasteiger partial charge is 0.301 e. The average molecular weight is 541 g/mol. The maximum Gasteiger partial charge on any atom is 0.301 e. The lowest BCUT2D eigenvalue weighted by molar-refractivity contribution is -0.132. The van der Waals surface area contributed by atoms with Crippen LogP contribution in [0.25, 0.3) is 21.6 Å². The van der Waals surface area contributed by atoms with E-state index in [0.717, 1.165) is 10.3 Å². The molecule has 1 fully saturated rings. The Kier molecular flexibility index (Phi) is 5.84. The van der Waals surface area contributed by atoms with E-state index in [4.69, 9.17) is 9.47 Å². The van der Waals surface area contributed by atoms with E-state index in [-0.39, 0.29) is 17.0 Å². The van der Waals surface area contributed by atoms with E-state index in [0.29, 0.717) is 39.1 Å². The molecule has 3 aromatic heterocycles. The fourth-order valence-corrected chi connectivity index (χ4v) is 5.97. The molecular weight excluding hydrogens is 516 g/mol. The second kappa shape index (κ2) is 9.25. The Morgan fingerprint density at radius 3 is 2.49 bits per heavy atom. The first-order valence-corrected chi connectivity index (χ1v) is 13.0. The van der Waals surface area contributed by atoms with Gasteiger partial charge in [0.15, 0.2) is 10.9 Å². The van der Waals surface area contributed by atoms with Crippen LogP contribution < -0.4 is 14.4 Å². The van der Waals surface area contributed by atoms with Gasteiger partial charge in [-0.05, 0) is 61.4 Å². The molecule has 0 spiro atoms. The Bertz CT molecular complexity index is 1840. The van der Waals surface area contributed by atoms with Gasteiger partial charge in [0, 0.05) is 6.20 Å². The van der Waals surface area contributed by atoms with Crippen LogP contribution in [-0.2, 0) is 9.59 Å². The summed E-state index contributed by atoms with van der Waals surface area (Å²) in [5.41, 5.74) is 3.64. The number of amides is 1. The molecule has 39 heavy (non-hydrogen) atoms. The summed E-state index contributed by atoms with van der Waals surface area (Å²) in [6, 6.07) is 15.3. The van der Waals surface area contributed by atoms with Crippen molar-refractivity contribution in [1.82, 2.24) is 14.4 Å². The van der Waals surface area contributed by atoms with E-state index in [9.17, 15) is 14.7 Å². The largest absolute Gasteiger partial charge is 0.505 e. The van der Waals surface area contributed by atoms with E-state index in [2.05, 4.69) is 9.97 Å². The first-order chi connectivity index (χ1) is 18.8. The molecule has 2 aromatic carbocycles. The van der Waals surface area contributed by atoms with Crippen molar-refractivity contribution >= 4 is 49.8 Å². The zero-order valence-electron chi connectivity index (χ0n) is 21.6. The maximum atomic E-state index is 13.6. The number of hydrogen-bond acceptors (Lipinski definition) is 8. The minimum Gasteiger partial charge on any atom is -0.505 e. The van der Waals surface area contributed by atoms with Gasteiger partial charge < -0.3 is 19.0 Å². The van der Waals surface area contributed by atoms with Gasteiger partial charge in [-0.15, -0.1) is 0 Å². The van der Waals surface area contributed by atoms with Crippen LogP contribution in [0.2, 0.25) is 0 Å². The zero-order chi connectivity index (χ0) is 27.4. The highest BCUT2D eigenvalue weighted by Crippen LogP contribution is 2.45. The molecule has 1 N–H and O–H groups in total. The lowest BCUT2D eigenvalue weighted by Gasteiger charge is -2.23. The maximum absolute atomic E-state index is 13.6. The summed E-state index contributed by atoms with van der Waals surface area (Å²) in [7, 11) is 3.12. The molecule has 0 saturated carbocycles. The molecular formula is C29H24N4O5S. The summed E-state index contributed by atoms with van der Waals surface area (Å²) in [4.78, 5) is 37.9. The summed E-state index contributed by atoms with van der Waals surface area (Å²) < 4.78 is 13.4. The molecule has 0 radical (unpaired) electrons. The Morgan fingerprint density at radius 1 is 0.974 bits per heavy atom. The Balaban J connectivity index is 1.59. The first-order valence-electron chi connectivity index (χ1n) is 12.2. The quantitative estimate of drug-likeness (QED) is 0.185. The van der Waals surface area contributed by atoms with Gasteiger partial charge in [-0.2, -0.15) is 0 Å².